The van der Waals surface area contributed by atoms with Crippen LogP contribution in [0.4, 0.5) is 0 Å². The molecule has 0 saturated heterocycles. The molecule has 0 aromatic heterocycles. The van der Waals surface area contributed by atoms with Crippen LogP contribution in [0.2, 0.25) is 0 Å². The molecule has 0 aromatic rings. The highest BCUT2D eigenvalue weighted by molar-refractivity contribution is 7.54. The van der Waals surface area contributed by atoms with E-state index in [0.717, 1.165) is 0 Å². The van der Waals surface area contributed by atoms with Gasteiger partial charge in [-0.2, -0.15) is 0 Å². The summed E-state index contributed by atoms with van der Waals surface area (Å²) in [5.41, 5.74) is -0.563. The zero-order chi connectivity index (χ0) is 16.2. The Morgan fingerprint density at radius 3 is 1.70 bits per heavy atom. The zero-order valence-electron chi connectivity index (χ0n) is 12.5. The Morgan fingerprint density at radius 1 is 1.05 bits per heavy atom. The van der Waals surface area contributed by atoms with Gasteiger partial charge in [0.2, 0.25) is 0 Å². The first-order valence-corrected chi connectivity index (χ1v) is 10.1. The Labute approximate surface area is 120 Å². The Hall–Kier alpha value is 0.0400. The average Bonchev–Trinajstić information content (AvgIpc) is 2.31. The van der Waals surface area contributed by atoms with Gasteiger partial charge >= 0.3 is 15.2 Å². The van der Waals surface area contributed by atoms with E-state index in [4.69, 9.17) is 0 Å². The van der Waals surface area contributed by atoms with Gasteiger partial charge in [-0.1, -0.05) is 39.3 Å². The molecule has 0 heterocycles. The van der Waals surface area contributed by atoms with E-state index in [1.54, 1.807) is 27.7 Å². The van der Waals surface area contributed by atoms with Crippen LogP contribution in [-0.4, -0.2) is 30.4 Å². The van der Waals surface area contributed by atoms with Gasteiger partial charge in [-0.15, -0.1) is 0 Å². The summed E-state index contributed by atoms with van der Waals surface area (Å²) in [7, 11) is -8.73. The van der Waals surface area contributed by atoms with E-state index in [1.165, 1.54) is 6.08 Å². The molecule has 8 heteroatoms. The van der Waals surface area contributed by atoms with Crippen LogP contribution >= 0.6 is 15.2 Å². The lowest BCUT2D eigenvalue weighted by atomic mass is 9.89. The maximum absolute atomic E-state index is 11.9. The standard InChI is InChI=1S/C12H26O6P2/c1-5-10(9-11(6-2)19(13,14)15)12(7-3,8-4)20(16,17)18/h9,11H,5-8H2,1-4H3,(H2,13,14,15)(H2,16,17,18)/b10-9+. The third-order valence-corrected chi connectivity index (χ3v) is 7.36. The van der Waals surface area contributed by atoms with Gasteiger partial charge in [0.25, 0.3) is 0 Å². The third kappa shape index (κ3) is 4.27. The molecule has 0 saturated carbocycles. The quantitative estimate of drug-likeness (QED) is 0.402. The van der Waals surface area contributed by atoms with Crippen LogP contribution in [0, 0.1) is 0 Å². The van der Waals surface area contributed by atoms with Crippen molar-refractivity contribution in [3.05, 3.63) is 11.6 Å². The maximum Gasteiger partial charge on any atom is 0.335 e. The van der Waals surface area contributed by atoms with Gasteiger partial charge in [-0.05, 0) is 25.7 Å². The number of allylic oxidation sites excluding steroid dienone is 2. The summed E-state index contributed by atoms with van der Waals surface area (Å²) in [5.74, 6) is 0. The van der Waals surface area contributed by atoms with Crippen molar-refractivity contribution in [2.45, 2.75) is 64.2 Å². The summed E-state index contributed by atoms with van der Waals surface area (Å²) in [6.07, 6.45) is 2.41. The van der Waals surface area contributed by atoms with Crippen molar-refractivity contribution in [2.75, 3.05) is 0 Å². The smallest absolute Gasteiger partial charge is 0.324 e. The van der Waals surface area contributed by atoms with E-state index in [2.05, 4.69) is 0 Å². The summed E-state index contributed by atoms with van der Waals surface area (Å²) in [6.45, 7) is 6.76. The van der Waals surface area contributed by atoms with Crippen LogP contribution in [0.1, 0.15) is 53.4 Å². The highest BCUT2D eigenvalue weighted by atomic mass is 31.2. The molecule has 0 fully saturated rings. The fourth-order valence-electron chi connectivity index (χ4n) is 2.59. The van der Waals surface area contributed by atoms with Crippen LogP contribution in [-0.2, 0) is 9.13 Å². The fourth-order valence-corrected chi connectivity index (χ4v) is 4.87. The Bertz CT molecular complexity index is 429. The first kappa shape index (κ1) is 20.0. The van der Waals surface area contributed by atoms with Crippen molar-refractivity contribution < 1.29 is 28.7 Å². The summed E-state index contributed by atoms with van der Waals surface area (Å²) in [6, 6.07) is 0. The van der Waals surface area contributed by atoms with Crippen molar-refractivity contribution in [1.29, 1.82) is 0 Å². The largest absolute Gasteiger partial charge is 0.335 e. The van der Waals surface area contributed by atoms with Gasteiger partial charge in [0.15, 0.2) is 0 Å². The number of hydrogen-bond donors (Lipinski definition) is 4. The van der Waals surface area contributed by atoms with Crippen LogP contribution in [0.15, 0.2) is 11.6 Å². The second kappa shape index (κ2) is 7.35. The van der Waals surface area contributed by atoms with Gasteiger partial charge in [-0.3, -0.25) is 9.13 Å². The second-order valence-electron chi connectivity index (χ2n) is 4.89. The number of rotatable bonds is 8. The lowest BCUT2D eigenvalue weighted by molar-refractivity contribution is 0.326. The van der Waals surface area contributed by atoms with Gasteiger partial charge in [0.1, 0.15) is 0 Å². The minimum absolute atomic E-state index is 0.221. The SMILES string of the molecule is CC/C(=C\C(CC)P(=O)(O)O)C(CC)(CC)P(=O)(O)O. The summed E-state index contributed by atoms with van der Waals surface area (Å²) < 4.78 is 23.3. The van der Waals surface area contributed by atoms with Crippen molar-refractivity contribution >= 4 is 15.2 Å². The van der Waals surface area contributed by atoms with Crippen molar-refractivity contribution in [1.82, 2.24) is 0 Å². The van der Waals surface area contributed by atoms with Gasteiger partial charge in [0.05, 0.1) is 10.8 Å². The molecule has 0 rings (SSSR count). The molecule has 1 unspecified atom stereocenters. The highest BCUT2D eigenvalue weighted by Crippen LogP contribution is 2.59. The minimum Gasteiger partial charge on any atom is -0.324 e. The van der Waals surface area contributed by atoms with Crippen LogP contribution in [0.5, 0.6) is 0 Å². The van der Waals surface area contributed by atoms with E-state index in [0.29, 0.717) is 12.0 Å². The molecule has 0 aromatic carbocycles. The van der Waals surface area contributed by atoms with E-state index in [9.17, 15) is 28.7 Å². The predicted octanol–water partition coefficient (Wildman–Crippen LogP) is 3.02. The monoisotopic (exact) mass is 328 g/mol. The minimum atomic E-state index is -4.42. The first-order chi connectivity index (χ1) is 9.00. The lowest BCUT2D eigenvalue weighted by Crippen LogP contribution is -2.30. The molecule has 0 amide bonds. The van der Waals surface area contributed by atoms with Crippen LogP contribution in [0.25, 0.3) is 0 Å². The lowest BCUT2D eigenvalue weighted by Gasteiger charge is -2.35. The van der Waals surface area contributed by atoms with Crippen molar-refractivity contribution in [3.8, 4) is 0 Å². The second-order valence-corrected chi connectivity index (χ2v) is 8.68. The molecule has 0 spiro atoms. The molecule has 0 aliphatic rings. The molecule has 6 nitrogen and oxygen atoms in total. The molecule has 0 bridgehead atoms. The van der Waals surface area contributed by atoms with Gasteiger partial charge in [-0.25, -0.2) is 0 Å². The van der Waals surface area contributed by atoms with E-state index >= 15 is 0 Å². The van der Waals surface area contributed by atoms with Gasteiger partial charge < -0.3 is 19.6 Å². The maximum atomic E-state index is 11.9. The third-order valence-electron chi connectivity index (χ3n) is 3.95. The van der Waals surface area contributed by atoms with Crippen LogP contribution < -0.4 is 0 Å². The van der Waals surface area contributed by atoms with Crippen molar-refractivity contribution in [2.24, 2.45) is 0 Å². The van der Waals surface area contributed by atoms with Crippen molar-refractivity contribution in [3.63, 3.8) is 0 Å². The summed E-state index contributed by atoms with van der Waals surface area (Å²) in [5, 5.41) is -1.33. The van der Waals surface area contributed by atoms with E-state index < -0.39 is 26.0 Å². The molecule has 1 atom stereocenters. The number of hydrogen-bond acceptors (Lipinski definition) is 2. The van der Waals surface area contributed by atoms with Gasteiger partial charge in [0, 0.05) is 0 Å². The Morgan fingerprint density at radius 2 is 1.50 bits per heavy atom. The van der Waals surface area contributed by atoms with Crippen LogP contribution in [0.3, 0.4) is 0 Å². The Kier molecular flexibility index (Phi) is 7.36. The first-order valence-electron chi connectivity index (χ1n) is 6.82. The fraction of sp³-hybridized carbons (Fsp3) is 0.833. The molecule has 0 aliphatic heterocycles. The molecular weight excluding hydrogens is 302 g/mol. The molecular formula is C12H26O6P2. The molecule has 0 aliphatic carbocycles. The molecule has 4 N–H and O–H groups in total. The van der Waals surface area contributed by atoms with E-state index in [1.807, 2.05) is 0 Å². The molecule has 0 radical (unpaired) electrons. The molecule has 20 heavy (non-hydrogen) atoms. The van der Waals surface area contributed by atoms with E-state index in [-0.39, 0.29) is 19.3 Å². The zero-order valence-corrected chi connectivity index (χ0v) is 14.3. The predicted molar refractivity (Wildman–Crippen MR) is 79.9 cm³/mol. The summed E-state index contributed by atoms with van der Waals surface area (Å²) in [4.78, 5) is 38.0. The normalized spacial score (nSPS) is 16.3. The average molecular weight is 328 g/mol. The molecule has 120 valence electrons. The Balaban J connectivity index is 5.97. The topological polar surface area (TPSA) is 115 Å². The summed E-state index contributed by atoms with van der Waals surface area (Å²) >= 11 is 0. The highest BCUT2D eigenvalue weighted by Gasteiger charge is 2.46.